The topological polar surface area (TPSA) is 57.7 Å². The zero-order chi connectivity index (χ0) is 19.9. The van der Waals surface area contributed by atoms with E-state index in [1.807, 2.05) is 0 Å². The predicted octanol–water partition coefficient (Wildman–Crippen LogP) is 3.84. The molecule has 4 rings (SSSR count). The SMILES string of the molecule is O=C(c1cc2cc(F)ccc2s1)N1CCN(S(=O)(=O)c2ccc(Cl)cc2)CC1. The van der Waals surface area contributed by atoms with Crippen LogP contribution in [0.4, 0.5) is 4.39 Å². The van der Waals surface area contributed by atoms with Gasteiger partial charge in [-0.25, -0.2) is 12.8 Å². The van der Waals surface area contributed by atoms with Crippen LogP contribution in [0.3, 0.4) is 0 Å². The quantitative estimate of drug-likeness (QED) is 0.624. The maximum Gasteiger partial charge on any atom is 0.264 e. The van der Waals surface area contributed by atoms with Gasteiger partial charge in [-0.15, -0.1) is 11.3 Å². The van der Waals surface area contributed by atoms with E-state index in [1.165, 1.54) is 39.9 Å². The Labute approximate surface area is 171 Å². The number of nitrogens with zero attached hydrogens (tertiary/aromatic N) is 2. The van der Waals surface area contributed by atoms with Crippen LogP contribution in [0.2, 0.25) is 5.02 Å². The summed E-state index contributed by atoms with van der Waals surface area (Å²) in [5, 5.41) is 1.16. The van der Waals surface area contributed by atoms with E-state index in [-0.39, 0.29) is 29.7 Å². The van der Waals surface area contributed by atoms with Gasteiger partial charge in [-0.2, -0.15) is 4.31 Å². The summed E-state index contributed by atoms with van der Waals surface area (Å²) < 4.78 is 41.1. The summed E-state index contributed by atoms with van der Waals surface area (Å²) in [6.45, 7) is 1.04. The molecule has 146 valence electrons. The number of halogens is 2. The molecule has 28 heavy (non-hydrogen) atoms. The smallest absolute Gasteiger partial charge is 0.264 e. The van der Waals surface area contributed by atoms with Crippen LogP contribution >= 0.6 is 22.9 Å². The van der Waals surface area contributed by atoms with Crippen molar-refractivity contribution in [3.05, 3.63) is 64.2 Å². The lowest BCUT2D eigenvalue weighted by Gasteiger charge is -2.33. The van der Waals surface area contributed by atoms with Gasteiger partial charge in [0, 0.05) is 35.9 Å². The summed E-state index contributed by atoms with van der Waals surface area (Å²) in [5.74, 6) is -0.504. The first-order valence-corrected chi connectivity index (χ1v) is 11.2. The molecular formula is C19H16ClFN2O3S2. The molecule has 0 spiro atoms. The van der Waals surface area contributed by atoms with Gasteiger partial charge < -0.3 is 4.90 Å². The number of thiophene rings is 1. The number of rotatable bonds is 3. The van der Waals surface area contributed by atoms with Crippen molar-refractivity contribution in [1.29, 1.82) is 0 Å². The molecule has 0 saturated carbocycles. The van der Waals surface area contributed by atoms with E-state index in [4.69, 9.17) is 11.6 Å². The third-order valence-electron chi connectivity index (χ3n) is 4.67. The molecule has 5 nitrogen and oxygen atoms in total. The summed E-state index contributed by atoms with van der Waals surface area (Å²) in [5.41, 5.74) is 0. The molecule has 0 atom stereocenters. The fourth-order valence-electron chi connectivity index (χ4n) is 3.16. The summed E-state index contributed by atoms with van der Waals surface area (Å²) in [7, 11) is -3.62. The minimum Gasteiger partial charge on any atom is -0.335 e. The summed E-state index contributed by atoms with van der Waals surface area (Å²) in [6.07, 6.45) is 0. The molecule has 1 saturated heterocycles. The normalized spacial score (nSPS) is 15.9. The number of fused-ring (bicyclic) bond motifs is 1. The van der Waals surface area contributed by atoms with Crippen molar-refractivity contribution in [2.75, 3.05) is 26.2 Å². The van der Waals surface area contributed by atoms with Crippen LogP contribution in [0.15, 0.2) is 53.4 Å². The van der Waals surface area contributed by atoms with Gasteiger partial charge in [-0.1, -0.05) is 11.6 Å². The minimum atomic E-state index is -3.62. The van der Waals surface area contributed by atoms with E-state index in [9.17, 15) is 17.6 Å². The van der Waals surface area contributed by atoms with Crippen LogP contribution in [-0.2, 0) is 10.0 Å². The molecular weight excluding hydrogens is 423 g/mol. The first kappa shape index (κ1) is 19.3. The molecule has 1 aromatic heterocycles. The maximum atomic E-state index is 13.4. The Balaban J connectivity index is 1.47. The number of sulfonamides is 1. The summed E-state index contributed by atoms with van der Waals surface area (Å²) in [6, 6.07) is 12.1. The lowest BCUT2D eigenvalue weighted by Crippen LogP contribution is -2.50. The number of amides is 1. The van der Waals surface area contributed by atoms with Crippen LogP contribution < -0.4 is 0 Å². The van der Waals surface area contributed by atoms with Crippen LogP contribution in [0, 0.1) is 5.82 Å². The number of benzene rings is 2. The monoisotopic (exact) mass is 438 g/mol. The van der Waals surface area contributed by atoms with Gasteiger partial charge in [0.2, 0.25) is 10.0 Å². The van der Waals surface area contributed by atoms with Gasteiger partial charge in [0.1, 0.15) is 5.82 Å². The van der Waals surface area contributed by atoms with Gasteiger partial charge in [0.15, 0.2) is 0 Å². The first-order chi connectivity index (χ1) is 13.3. The molecule has 1 aliphatic heterocycles. The Kier molecular flexibility index (Phi) is 5.13. The predicted molar refractivity (Wildman–Crippen MR) is 108 cm³/mol. The van der Waals surface area contributed by atoms with Crippen molar-refractivity contribution in [2.24, 2.45) is 0 Å². The van der Waals surface area contributed by atoms with Crippen molar-refractivity contribution in [3.63, 3.8) is 0 Å². The zero-order valence-electron chi connectivity index (χ0n) is 14.6. The highest BCUT2D eigenvalue weighted by Gasteiger charge is 2.30. The molecule has 0 N–H and O–H groups in total. The van der Waals surface area contributed by atoms with E-state index in [1.54, 1.807) is 29.2 Å². The average molecular weight is 439 g/mol. The largest absolute Gasteiger partial charge is 0.335 e. The fourth-order valence-corrected chi connectivity index (χ4v) is 5.72. The summed E-state index contributed by atoms with van der Waals surface area (Å²) in [4.78, 5) is 15.1. The Morgan fingerprint density at radius 1 is 1.00 bits per heavy atom. The Morgan fingerprint density at radius 3 is 2.36 bits per heavy atom. The Hall–Kier alpha value is -2.00. The second kappa shape index (κ2) is 7.44. The first-order valence-electron chi connectivity index (χ1n) is 8.59. The standard InChI is InChI=1S/C19H16ClFN2O3S2/c20-14-1-4-16(5-2-14)28(25,26)23-9-7-22(8-10-23)19(24)18-12-13-11-15(21)3-6-17(13)27-18/h1-6,11-12H,7-10H2. The third-order valence-corrected chi connectivity index (χ3v) is 7.94. The van der Waals surface area contributed by atoms with Crippen molar-refractivity contribution in [2.45, 2.75) is 4.90 Å². The molecule has 1 amide bonds. The van der Waals surface area contributed by atoms with Crippen LogP contribution in [-0.4, -0.2) is 49.7 Å². The zero-order valence-corrected chi connectivity index (χ0v) is 17.0. The number of piperazine rings is 1. The van der Waals surface area contributed by atoms with Gasteiger partial charge >= 0.3 is 0 Å². The van der Waals surface area contributed by atoms with Crippen LogP contribution in [0.25, 0.3) is 10.1 Å². The van der Waals surface area contributed by atoms with Crippen LogP contribution in [0.1, 0.15) is 9.67 Å². The molecule has 0 bridgehead atoms. The fraction of sp³-hybridized carbons (Fsp3) is 0.211. The van der Waals surface area contributed by atoms with Crippen LogP contribution in [0.5, 0.6) is 0 Å². The second-order valence-corrected chi connectivity index (χ2v) is 9.90. The van der Waals surface area contributed by atoms with Gasteiger partial charge in [0.05, 0.1) is 9.77 Å². The van der Waals surface area contributed by atoms with Gasteiger partial charge in [0.25, 0.3) is 5.91 Å². The third kappa shape index (κ3) is 3.65. The molecule has 9 heteroatoms. The average Bonchev–Trinajstić information content (AvgIpc) is 3.11. The highest BCUT2D eigenvalue weighted by Crippen LogP contribution is 2.28. The van der Waals surface area contributed by atoms with Crippen molar-refractivity contribution >= 4 is 49.0 Å². The molecule has 0 unspecified atom stereocenters. The maximum absolute atomic E-state index is 13.4. The minimum absolute atomic E-state index is 0.162. The van der Waals surface area contributed by atoms with E-state index in [0.717, 1.165) is 4.70 Å². The van der Waals surface area contributed by atoms with Gasteiger partial charge in [-0.05, 0) is 53.9 Å². The lowest BCUT2D eigenvalue weighted by atomic mass is 10.2. The van der Waals surface area contributed by atoms with E-state index < -0.39 is 10.0 Å². The van der Waals surface area contributed by atoms with Crippen molar-refractivity contribution in [3.8, 4) is 0 Å². The lowest BCUT2D eigenvalue weighted by molar-refractivity contribution is 0.0703. The van der Waals surface area contributed by atoms with Crippen molar-refractivity contribution in [1.82, 2.24) is 9.21 Å². The van der Waals surface area contributed by atoms with Gasteiger partial charge in [-0.3, -0.25) is 4.79 Å². The molecule has 2 heterocycles. The molecule has 3 aromatic rings. The molecule has 0 aliphatic carbocycles. The second-order valence-electron chi connectivity index (χ2n) is 6.44. The Bertz CT molecular complexity index is 1140. The number of carbonyl (C=O) groups is 1. The van der Waals surface area contributed by atoms with E-state index >= 15 is 0 Å². The van der Waals surface area contributed by atoms with E-state index in [2.05, 4.69) is 0 Å². The molecule has 0 radical (unpaired) electrons. The highest BCUT2D eigenvalue weighted by atomic mass is 35.5. The highest BCUT2D eigenvalue weighted by molar-refractivity contribution is 7.89. The number of carbonyl (C=O) groups excluding carboxylic acids is 1. The van der Waals surface area contributed by atoms with Crippen molar-refractivity contribution < 1.29 is 17.6 Å². The molecule has 2 aromatic carbocycles. The summed E-state index contributed by atoms with van der Waals surface area (Å²) >= 11 is 7.14. The molecule has 1 aliphatic rings. The number of hydrogen-bond acceptors (Lipinski definition) is 4. The molecule has 1 fully saturated rings. The Morgan fingerprint density at radius 2 is 1.68 bits per heavy atom. The van der Waals surface area contributed by atoms with E-state index in [0.29, 0.717) is 28.4 Å². The number of hydrogen-bond donors (Lipinski definition) is 0.